The number of rotatable bonds is 6. The van der Waals surface area contributed by atoms with E-state index in [1.165, 1.54) is 0 Å². The first-order valence-corrected chi connectivity index (χ1v) is 7.91. The van der Waals surface area contributed by atoms with Gasteiger partial charge >= 0.3 is 5.97 Å². The fourth-order valence-electron chi connectivity index (χ4n) is 2.29. The number of carboxylic acids is 1. The number of carboxylic acid groups (broad SMARTS) is 1. The molecular weight excluding hydrogens is 472 g/mol. The summed E-state index contributed by atoms with van der Waals surface area (Å²) in [6.07, 6.45) is 1.48. The number of thioether (sulfide) groups is 1. The molecule has 1 amide bonds. The number of aromatic carboxylic acids is 1. The first-order chi connectivity index (χ1) is 10.1. The number of benzene rings is 1. The molecule has 1 fully saturated rings. The summed E-state index contributed by atoms with van der Waals surface area (Å²) in [7, 11) is 0. The van der Waals surface area contributed by atoms with Gasteiger partial charge in [0.05, 0.1) is 5.56 Å². The van der Waals surface area contributed by atoms with Crippen LogP contribution >= 0.6 is 11.8 Å². The molecule has 0 aromatic heterocycles. The van der Waals surface area contributed by atoms with Crippen LogP contribution in [0, 0.1) is 6.92 Å². The first kappa shape index (κ1) is 19.2. The predicted molar refractivity (Wildman–Crippen MR) is 82.0 cm³/mol. The monoisotopic (exact) mass is 491 g/mol. The van der Waals surface area contributed by atoms with Gasteiger partial charge in [-0.05, 0) is 24.6 Å². The Balaban J connectivity index is 0.00000242. The second-order valence-electron chi connectivity index (χ2n) is 4.76. The molecule has 0 aliphatic carbocycles. The average molecular weight is 491 g/mol. The van der Waals surface area contributed by atoms with Gasteiger partial charge in [0, 0.05) is 51.2 Å². The van der Waals surface area contributed by atoms with Gasteiger partial charge in [-0.15, -0.1) is 18.3 Å². The Morgan fingerprint density at radius 1 is 1.41 bits per heavy atom. The molecule has 0 bridgehead atoms. The van der Waals surface area contributed by atoms with Crippen LogP contribution in [0.3, 0.4) is 0 Å². The fourth-order valence-corrected chi connectivity index (χ4v) is 3.17. The number of hydrazine groups is 1. The Bertz CT molecular complexity index is 527. The minimum atomic E-state index is -0.924. The summed E-state index contributed by atoms with van der Waals surface area (Å²) in [6.45, 7) is 5.93. The number of carbonyl (C=O) groups is 2. The molecule has 0 atom stereocenters. The molecule has 2 rings (SSSR count). The molecule has 0 unspecified atom stereocenters. The van der Waals surface area contributed by atoms with Crippen LogP contribution in [0.4, 0.5) is 0 Å². The molecule has 5 nitrogen and oxygen atoms in total. The minimum absolute atomic E-state index is 0. The van der Waals surface area contributed by atoms with Crippen molar-refractivity contribution in [1.82, 2.24) is 10.0 Å². The average Bonchev–Trinajstić information content (AvgIpc) is 2.49. The molecule has 1 aromatic rings. The van der Waals surface area contributed by atoms with Crippen LogP contribution in [0.15, 0.2) is 29.2 Å². The van der Waals surface area contributed by atoms with Gasteiger partial charge in [0.25, 0.3) is 0 Å². The van der Waals surface area contributed by atoms with Crippen LogP contribution in [-0.2, 0) is 25.9 Å². The molecular formula is C15H19N2O3SW-. The van der Waals surface area contributed by atoms with Crippen molar-refractivity contribution in [3.63, 3.8) is 0 Å². The van der Waals surface area contributed by atoms with E-state index in [1.807, 2.05) is 11.1 Å². The first-order valence-electron chi connectivity index (χ1n) is 6.92. The maximum Gasteiger partial charge on any atom is 0.335 e. The van der Waals surface area contributed by atoms with Crippen LogP contribution in [0.5, 0.6) is 0 Å². The molecule has 1 aliphatic rings. The molecule has 1 aliphatic heterocycles. The second-order valence-corrected chi connectivity index (χ2v) is 5.92. The standard InChI is InChI=1S/C15H19N2O3S.W/c1-2-16-8-4-7-14(18)17(16)9-10-21-13-6-3-5-12(11-13)15(19)20;/h3,5-6,11H,1-2,4,7-10H2,(H,19,20);/q-1;. The smallest absolute Gasteiger partial charge is 0.335 e. The molecule has 120 valence electrons. The molecule has 7 heteroatoms. The van der Waals surface area contributed by atoms with E-state index >= 15 is 0 Å². The van der Waals surface area contributed by atoms with Crippen LogP contribution in [-0.4, -0.2) is 52.4 Å². The number of amides is 1. The third-order valence-electron chi connectivity index (χ3n) is 3.35. The zero-order valence-electron chi connectivity index (χ0n) is 12.2. The molecule has 0 radical (unpaired) electrons. The van der Waals surface area contributed by atoms with Crippen molar-refractivity contribution in [2.75, 3.05) is 25.4 Å². The maximum absolute atomic E-state index is 11.9. The number of carbonyl (C=O) groups excluding carboxylic acids is 1. The third-order valence-corrected chi connectivity index (χ3v) is 4.32. The van der Waals surface area contributed by atoms with Crippen molar-refractivity contribution >= 4 is 23.6 Å². The van der Waals surface area contributed by atoms with E-state index in [-0.39, 0.29) is 32.5 Å². The summed E-state index contributed by atoms with van der Waals surface area (Å²) in [5.41, 5.74) is 0.286. The predicted octanol–water partition coefficient (Wildman–Crippen LogP) is 2.15. The van der Waals surface area contributed by atoms with E-state index < -0.39 is 5.97 Å². The SMILES string of the molecule is [CH2-]CN1CCCC(=O)N1CCSc1cccc(C(=O)O)c1.[W]. The summed E-state index contributed by atoms with van der Waals surface area (Å²) in [4.78, 5) is 23.7. The summed E-state index contributed by atoms with van der Waals surface area (Å²) in [5.74, 6) is -0.0534. The summed E-state index contributed by atoms with van der Waals surface area (Å²) < 4.78 is 0. The van der Waals surface area contributed by atoms with Crippen molar-refractivity contribution in [2.45, 2.75) is 17.7 Å². The van der Waals surface area contributed by atoms with Gasteiger partial charge in [0.1, 0.15) is 0 Å². The van der Waals surface area contributed by atoms with Gasteiger partial charge in [0.2, 0.25) is 5.91 Å². The van der Waals surface area contributed by atoms with Crippen LogP contribution in [0.2, 0.25) is 0 Å². The summed E-state index contributed by atoms with van der Waals surface area (Å²) in [5, 5.41) is 12.7. The molecule has 1 heterocycles. The maximum atomic E-state index is 11.9. The summed E-state index contributed by atoms with van der Waals surface area (Å²) in [6, 6.07) is 6.85. The zero-order chi connectivity index (χ0) is 15.2. The second kappa shape index (κ2) is 9.33. The molecule has 1 saturated heterocycles. The van der Waals surface area contributed by atoms with Crippen molar-refractivity contribution < 1.29 is 35.8 Å². The third kappa shape index (κ3) is 5.11. The van der Waals surface area contributed by atoms with Gasteiger partial charge in [-0.25, -0.2) is 9.80 Å². The van der Waals surface area contributed by atoms with E-state index in [1.54, 1.807) is 35.0 Å². The van der Waals surface area contributed by atoms with Crippen molar-refractivity contribution in [3.05, 3.63) is 36.8 Å². The Hall–Kier alpha value is -0.842. The Morgan fingerprint density at radius 3 is 2.86 bits per heavy atom. The normalized spacial score (nSPS) is 15.5. The van der Waals surface area contributed by atoms with Gasteiger partial charge < -0.3 is 12.0 Å². The van der Waals surface area contributed by atoms with Crippen molar-refractivity contribution in [1.29, 1.82) is 0 Å². The fraction of sp³-hybridized carbons (Fsp3) is 0.400. The van der Waals surface area contributed by atoms with Gasteiger partial charge in [-0.1, -0.05) is 6.07 Å². The van der Waals surface area contributed by atoms with Crippen LogP contribution in [0.25, 0.3) is 0 Å². The van der Waals surface area contributed by atoms with Crippen molar-refractivity contribution in [3.8, 4) is 0 Å². The molecule has 1 aromatic carbocycles. The minimum Gasteiger partial charge on any atom is -0.478 e. The Morgan fingerprint density at radius 2 is 2.18 bits per heavy atom. The number of nitrogens with zero attached hydrogens (tertiary/aromatic N) is 2. The number of hydrogen-bond donors (Lipinski definition) is 1. The number of hydrogen-bond acceptors (Lipinski definition) is 4. The Labute approximate surface area is 149 Å². The Kier molecular flexibility index (Phi) is 8.15. The summed E-state index contributed by atoms with van der Waals surface area (Å²) >= 11 is 1.56. The molecule has 1 N–H and O–H groups in total. The molecule has 0 spiro atoms. The van der Waals surface area contributed by atoms with Gasteiger partial charge in [-0.2, -0.15) is 0 Å². The van der Waals surface area contributed by atoms with E-state index in [9.17, 15) is 9.59 Å². The van der Waals surface area contributed by atoms with Crippen LogP contribution < -0.4 is 0 Å². The van der Waals surface area contributed by atoms with Crippen LogP contribution in [0.1, 0.15) is 23.2 Å². The van der Waals surface area contributed by atoms with E-state index in [0.717, 1.165) is 23.6 Å². The molecule has 0 saturated carbocycles. The van der Waals surface area contributed by atoms with E-state index in [4.69, 9.17) is 5.11 Å². The topological polar surface area (TPSA) is 60.9 Å². The zero-order valence-corrected chi connectivity index (χ0v) is 16.0. The quantitative estimate of drug-likeness (QED) is 0.489. The van der Waals surface area contributed by atoms with Gasteiger partial charge in [-0.3, -0.25) is 9.80 Å². The van der Waals surface area contributed by atoms with E-state index in [2.05, 4.69) is 6.92 Å². The largest absolute Gasteiger partial charge is 0.478 e. The van der Waals surface area contributed by atoms with E-state index in [0.29, 0.717) is 19.5 Å². The molecule has 22 heavy (non-hydrogen) atoms. The van der Waals surface area contributed by atoms with Crippen molar-refractivity contribution in [2.24, 2.45) is 0 Å². The van der Waals surface area contributed by atoms with Gasteiger partial charge in [0.15, 0.2) is 0 Å².